The van der Waals surface area contributed by atoms with Crippen LogP contribution in [0.3, 0.4) is 0 Å². The molecule has 0 saturated heterocycles. The highest BCUT2D eigenvalue weighted by atomic mass is 16.5. The lowest BCUT2D eigenvalue weighted by Crippen LogP contribution is -2.66. The molecule has 4 rings (SSSR count). The molecule has 1 amide bonds. The van der Waals surface area contributed by atoms with Gasteiger partial charge in [0.2, 0.25) is 5.91 Å². The maximum Gasteiger partial charge on any atom is 0.302 e. The van der Waals surface area contributed by atoms with Crippen molar-refractivity contribution in [3.8, 4) is 0 Å². The molecule has 10 nitrogen and oxygen atoms in total. The van der Waals surface area contributed by atoms with Gasteiger partial charge in [0.05, 0.1) is 6.10 Å². The minimum absolute atomic E-state index is 0.0537. The summed E-state index contributed by atoms with van der Waals surface area (Å²) in [5.74, 6) is 0.341. The van der Waals surface area contributed by atoms with E-state index in [0.29, 0.717) is 37.8 Å². The van der Waals surface area contributed by atoms with Crippen molar-refractivity contribution in [1.29, 1.82) is 0 Å². The van der Waals surface area contributed by atoms with Crippen molar-refractivity contribution in [3.63, 3.8) is 0 Å². The minimum Gasteiger partial charge on any atom is -0.462 e. The van der Waals surface area contributed by atoms with Crippen LogP contribution in [0.2, 0.25) is 0 Å². The normalized spacial score (nSPS) is 37.4. The highest BCUT2D eigenvalue weighted by Gasteiger charge is 2.72. The van der Waals surface area contributed by atoms with E-state index in [2.05, 4.69) is 57.5 Å². The SMILES string of the molecule is CC(=O)O[C@H]1C[C@@]2(C)C(C[C@@H](O)C3[C@@]4(C)CC[C@@H](OC(C)=O)[C@@H](C)C4CC[C@@]32C)[C@@H]1[C@H](CCCC(C)C)C(=O)NCCCNCCCNCCCN. The summed E-state index contributed by atoms with van der Waals surface area (Å²) in [6.45, 7) is 21.9. The number of ether oxygens (including phenoxy) is 2. The molecule has 0 aliphatic heterocycles. The predicted octanol–water partition coefficient (Wildman–Crippen LogP) is 5.59. The lowest BCUT2D eigenvalue weighted by molar-refractivity contribution is -0.241. The Bertz CT molecular complexity index is 1190. The second-order valence-electron chi connectivity index (χ2n) is 18.4. The number of hydrogen-bond donors (Lipinski definition) is 5. The first kappa shape index (κ1) is 43.0. The molecule has 52 heavy (non-hydrogen) atoms. The second-order valence-corrected chi connectivity index (χ2v) is 18.4. The highest BCUT2D eigenvalue weighted by molar-refractivity contribution is 5.79. The number of aliphatic hydroxyl groups is 1. The number of nitrogens with one attached hydrogen (secondary N) is 3. The number of carbonyl (C=O) groups is 3. The smallest absolute Gasteiger partial charge is 0.302 e. The van der Waals surface area contributed by atoms with Crippen molar-refractivity contribution in [3.05, 3.63) is 0 Å². The molecule has 0 spiro atoms. The maximum atomic E-state index is 14.3. The minimum atomic E-state index is -0.520. The van der Waals surface area contributed by atoms with Crippen molar-refractivity contribution in [1.82, 2.24) is 16.0 Å². The quantitative estimate of drug-likeness (QED) is 0.0846. The van der Waals surface area contributed by atoms with Gasteiger partial charge in [0.25, 0.3) is 0 Å². The van der Waals surface area contributed by atoms with E-state index in [1.807, 2.05) is 0 Å². The van der Waals surface area contributed by atoms with Crippen LogP contribution in [-0.2, 0) is 23.9 Å². The summed E-state index contributed by atoms with van der Waals surface area (Å²) in [4.78, 5) is 39.0. The lowest BCUT2D eigenvalue weighted by atomic mass is 9.36. The fraction of sp³-hybridized carbons (Fsp3) is 0.929. The van der Waals surface area contributed by atoms with E-state index in [0.717, 1.165) is 90.4 Å². The van der Waals surface area contributed by atoms with E-state index in [1.165, 1.54) is 13.8 Å². The summed E-state index contributed by atoms with van der Waals surface area (Å²) >= 11 is 0. The molecule has 0 radical (unpaired) electrons. The zero-order chi connectivity index (χ0) is 38.3. The van der Waals surface area contributed by atoms with Gasteiger partial charge in [0.1, 0.15) is 12.2 Å². The van der Waals surface area contributed by atoms with Gasteiger partial charge in [-0.3, -0.25) is 14.4 Å². The van der Waals surface area contributed by atoms with Gasteiger partial charge in [-0.2, -0.15) is 0 Å². The fourth-order valence-corrected chi connectivity index (χ4v) is 12.3. The number of esters is 2. The van der Waals surface area contributed by atoms with Crippen molar-refractivity contribution in [2.75, 3.05) is 39.3 Å². The van der Waals surface area contributed by atoms with Crippen LogP contribution in [0.15, 0.2) is 0 Å². The molecule has 0 aromatic heterocycles. The van der Waals surface area contributed by atoms with Gasteiger partial charge in [-0.05, 0) is 143 Å². The van der Waals surface area contributed by atoms with E-state index in [4.69, 9.17) is 15.2 Å². The Hall–Kier alpha value is -1.75. The first-order chi connectivity index (χ1) is 24.6. The number of aliphatic hydroxyl groups excluding tert-OH is 1. The number of amides is 1. The molecule has 12 atom stereocenters. The third kappa shape index (κ3) is 9.36. The third-order valence-corrected chi connectivity index (χ3v) is 14.8. The monoisotopic (exact) mass is 733 g/mol. The molecule has 4 saturated carbocycles. The number of rotatable bonds is 19. The average molecular weight is 733 g/mol. The van der Waals surface area contributed by atoms with E-state index in [1.54, 1.807) is 0 Å². The van der Waals surface area contributed by atoms with Crippen molar-refractivity contribution >= 4 is 17.8 Å². The molecule has 300 valence electrons. The summed E-state index contributed by atoms with van der Waals surface area (Å²) in [6.07, 6.45) is 9.67. The van der Waals surface area contributed by atoms with Crippen LogP contribution in [0.1, 0.15) is 132 Å². The molecular weight excluding hydrogens is 656 g/mol. The Morgan fingerprint density at radius 3 is 2.04 bits per heavy atom. The number of nitrogens with two attached hydrogens (primary N) is 1. The van der Waals surface area contributed by atoms with E-state index in [9.17, 15) is 19.5 Å². The van der Waals surface area contributed by atoms with Gasteiger partial charge in [0, 0.05) is 32.2 Å². The van der Waals surface area contributed by atoms with E-state index in [-0.39, 0.29) is 75.9 Å². The zero-order valence-electron chi connectivity index (χ0n) is 34.1. The number of fused-ring (bicyclic) bond motifs is 5. The Kier molecular flexibility index (Phi) is 15.5. The average Bonchev–Trinajstić information content (AvgIpc) is 3.33. The molecule has 0 aromatic carbocycles. The standard InChI is InChI=1S/C42H76N4O6/c1-27(2)13-9-14-31(39(50)46-24-12-23-45-22-11-21-44-20-10-19-43)37-33-25-34(49)38-40(6)17-16-35(51-29(4)47)28(3)32(40)15-18-41(38,7)42(33,8)26-36(37)52-30(5)48/h27-28,31-38,44-45,49H,9-26,43H2,1-8H3,(H,46,50)/t28-,31-,32?,33?,34+,35+,36-,37-,38?,40-,41-,42-/m0/s1. The lowest BCUT2D eigenvalue weighted by Gasteiger charge is -2.69. The molecule has 0 aromatic rings. The predicted molar refractivity (Wildman–Crippen MR) is 206 cm³/mol. The first-order valence-corrected chi connectivity index (χ1v) is 21.0. The van der Waals surface area contributed by atoms with E-state index >= 15 is 0 Å². The van der Waals surface area contributed by atoms with Crippen molar-refractivity contribution in [2.24, 2.45) is 63.4 Å². The van der Waals surface area contributed by atoms with E-state index < -0.39 is 6.10 Å². The second kappa shape index (κ2) is 18.7. The molecule has 0 bridgehead atoms. The molecule has 4 aliphatic carbocycles. The van der Waals surface area contributed by atoms with Crippen molar-refractivity contribution < 1.29 is 29.0 Å². The highest BCUT2D eigenvalue weighted by Crippen LogP contribution is 2.75. The summed E-state index contributed by atoms with van der Waals surface area (Å²) < 4.78 is 12.1. The molecule has 6 N–H and O–H groups in total. The largest absolute Gasteiger partial charge is 0.462 e. The van der Waals surface area contributed by atoms with Crippen LogP contribution >= 0.6 is 0 Å². The van der Waals surface area contributed by atoms with Crippen LogP contribution in [0, 0.1) is 57.7 Å². The Morgan fingerprint density at radius 2 is 1.42 bits per heavy atom. The van der Waals surface area contributed by atoms with Gasteiger partial charge in [0.15, 0.2) is 0 Å². The Morgan fingerprint density at radius 1 is 0.808 bits per heavy atom. The fourth-order valence-electron chi connectivity index (χ4n) is 12.3. The van der Waals surface area contributed by atoms with Crippen LogP contribution < -0.4 is 21.7 Å². The van der Waals surface area contributed by atoms with Gasteiger partial charge >= 0.3 is 11.9 Å². The summed E-state index contributed by atoms with van der Waals surface area (Å²) in [6, 6.07) is 0. The van der Waals surface area contributed by atoms with Gasteiger partial charge < -0.3 is 36.3 Å². The van der Waals surface area contributed by atoms with Gasteiger partial charge in [-0.15, -0.1) is 0 Å². The van der Waals surface area contributed by atoms with Gasteiger partial charge in [-0.25, -0.2) is 0 Å². The summed E-state index contributed by atoms with van der Waals surface area (Å²) in [5, 5.41) is 22.6. The van der Waals surface area contributed by atoms with Crippen LogP contribution in [0.4, 0.5) is 0 Å². The molecule has 3 unspecified atom stereocenters. The Balaban J connectivity index is 1.53. The van der Waals surface area contributed by atoms with Crippen LogP contribution in [0.25, 0.3) is 0 Å². The maximum absolute atomic E-state index is 14.3. The summed E-state index contributed by atoms with van der Waals surface area (Å²) in [7, 11) is 0. The molecule has 0 heterocycles. The summed E-state index contributed by atoms with van der Waals surface area (Å²) in [5.41, 5.74) is 5.04. The molecule has 4 aliphatic rings. The molecule has 4 fully saturated rings. The number of carbonyl (C=O) groups excluding carboxylic acids is 3. The number of hydrogen-bond acceptors (Lipinski definition) is 9. The van der Waals surface area contributed by atoms with Crippen LogP contribution in [0.5, 0.6) is 0 Å². The molecule has 10 heteroatoms. The van der Waals surface area contributed by atoms with Crippen LogP contribution in [-0.4, -0.2) is 80.5 Å². The third-order valence-electron chi connectivity index (χ3n) is 14.8. The van der Waals surface area contributed by atoms with Gasteiger partial charge in [-0.1, -0.05) is 54.4 Å². The molecular formula is C42H76N4O6. The first-order valence-electron chi connectivity index (χ1n) is 21.0. The zero-order valence-corrected chi connectivity index (χ0v) is 34.1. The van der Waals surface area contributed by atoms with Crippen molar-refractivity contribution in [2.45, 2.75) is 151 Å². The topological polar surface area (TPSA) is 152 Å². The Labute approximate surface area is 315 Å².